The van der Waals surface area contributed by atoms with Gasteiger partial charge in [-0.05, 0) is 36.5 Å². The van der Waals surface area contributed by atoms with E-state index in [0.717, 1.165) is 13.0 Å². The van der Waals surface area contributed by atoms with E-state index in [1.807, 2.05) is 0 Å². The van der Waals surface area contributed by atoms with E-state index in [4.69, 9.17) is 0 Å². The lowest BCUT2D eigenvalue weighted by Crippen LogP contribution is -2.28. The highest BCUT2D eigenvalue weighted by atomic mass is 16.1. The minimum Gasteiger partial charge on any atom is -0.352 e. The maximum atomic E-state index is 11.1. The standard InChI is InChI=1S/C14H17NO/c1-2-14(16)15-10-12-8-5-7-11-6-3-4-9-13(11)12/h2-4,6,9,12H,1,5,7-8,10H2,(H,15,16). The van der Waals surface area contributed by atoms with Crippen molar-refractivity contribution in [1.82, 2.24) is 5.32 Å². The number of benzene rings is 1. The predicted molar refractivity (Wildman–Crippen MR) is 65.3 cm³/mol. The smallest absolute Gasteiger partial charge is 0.243 e. The van der Waals surface area contributed by atoms with Gasteiger partial charge in [-0.3, -0.25) is 4.79 Å². The molecular weight excluding hydrogens is 198 g/mol. The number of rotatable bonds is 3. The van der Waals surface area contributed by atoms with E-state index >= 15 is 0 Å². The van der Waals surface area contributed by atoms with Gasteiger partial charge < -0.3 is 5.32 Å². The molecule has 0 radical (unpaired) electrons. The van der Waals surface area contributed by atoms with Crippen molar-refractivity contribution in [2.45, 2.75) is 25.2 Å². The molecule has 0 bridgehead atoms. The van der Waals surface area contributed by atoms with E-state index < -0.39 is 0 Å². The summed E-state index contributed by atoms with van der Waals surface area (Å²) in [5.74, 6) is 0.386. The van der Waals surface area contributed by atoms with Crippen LogP contribution in [0.3, 0.4) is 0 Å². The number of amides is 1. The number of aryl methyl sites for hydroxylation is 1. The average molecular weight is 215 g/mol. The van der Waals surface area contributed by atoms with Crippen molar-refractivity contribution in [2.75, 3.05) is 6.54 Å². The summed E-state index contributed by atoms with van der Waals surface area (Å²) in [4.78, 5) is 11.1. The Labute approximate surface area is 96.4 Å². The Morgan fingerprint density at radius 1 is 1.50 bits per heavy atom. The molecule has 1 aliphatic carbocycles. The van der Waals surface area contributed by atoms with Gasteiger partial charge >= 0.3 is 0 Å². The van der Waals surface area contributed by atoms with Crippen LogP contribution in [0.25, 0.3) is 0 Å². The maximum Gasteiger partial charge on any atom is 0.243 e. The van der Waals surface area contributed by atoms with Gasteiger partial charge in [0.1, 0.15) is 0 Å². The molecule has 0 aliphatic heterocycles. The molecule has 2 rings (SSSR count). The van der Waals surface area contributed by atoms with E-state index in [0.29, 0.717) is 5.92 Å². The largest absolute Gasteiger partial charge is 0.352 e. The topological polar surface area (TPSA) is 29.1 Å². The molecule has 2 nitrogen and oxygen atoms in total. The normalized spacial score (nSPS) is 18.6. The second-order valence-electron chi connectivity index (χ2n) is 4.24. The Kier molecular flexibility index (Phi) is 3.40. The quantitative estimate of drug-likeness (QED) is 0.771. The first-order chi connectivity index (χ1) is 7.81. The van der Waals surface area contributed by atoms with Crippen molar-refractivity contribution < 1.29 is 4.79 Å². The highest BCUT2D eigenvalue weighted by molar-refractivity contribution is 5.86. The Hall–Kier alpha value is -1.57. The molecule has 84 valence electrons. The fraction of sp³-hybridized carbons (Fsp3) is 0.357. The zero-order valence-corrected chi connectivity index (χ0v) is 9.41. The van der Waals surface area contributed by atoms with E-state index in [1.54, 1.807) is 0 Å². The Morgan fingerprint density at radius 3 is 3.12 bits per heavy atom. The summed E-state index contributed by atoms with van der Waals surface area (Å²) in [7, 11) is 0. The van der Waals surface area contributed by atoms with Gasteiger partial charge in [0.25, 0.3) is 0 Å². The molecule has 1 aromatic rings. The van der Waals surface area contributed by atoms with Gasteiger partial charge in [0, 0.05) is 12.5 Å². The molecule has 0 aromatic heterocycles. The third-order valence-corrected chi connectivity index (χ3v) is 3.20. The summed E-state index contributed by atoms with van der Waals surface area (Å²) in [6.07, 6.45) is 4.87. The van der Waals surface area contributed by atoms with E-state index in [9.17, 15) is 4.79 Å². The Bertz CT molecular complexity index is 397. The van der Waals surface area contributed by atoms with Crippen molar-refractivity contribution in [2.24, 2.45) is 0 Å². The van der Waals surface area contributed by atoms with Crippen LogP contribution in [-0.4, -0.2) is 12.5 Å². The Balaban J connectivity index is 2.07. The number of carbonyl (C=O) groups excluding carboxylic acids is 1. The number of carbonyl (C=O) groups is 1. The molecule has 2 heteroatoms. The van der Waals surface area contributed by atoms with E-state index in [-0.39, 0.29) is 5.91 Å². The van der Waals surface area contributed by atoms with Crippen molar-refractivity contribution in [1.29, 1.82) is 0 Å². The zero-order valence-electron chi connectivity index (χ0n) is 9.41. The first kappa shape index (κ1) is 10.9. The molecular formula is C14H17NO. The van der Waals surface area contributed by atoms with Crippen LogP contribution in [0, 0.1) is 0 Å². The molecule has 1 atom stereocenters. The molecule has 16 heavy (non-hydrogen) atoms. The highest BCUT2D eigenvalue weighted by Gasteiger charge is 2.19. The summed E-state index contributed by atoms with van der Waals surface area (Å²) in [6, 6.07) is 8.53. The van der Waals surface area contributed by atoms with Gasteiger partial charge in [-0.25, -0.2) is 0 Å². The lowest BCUT2D eigenvalue weighted by molar-refractivity contribution is -0.116. The van der Waals surface area contributed by atoms with E-state index in [1.165, 1.54) is 30.0 Å². The number of hydrogen-bond acceptors (Lipinski definition) is 1. The molecule has 0 fully saturated rings. The minimum absolute atomic E-state index is 0.0805. The molecule has 0 saturated carbocycles. The SMILES string of the molecule is C=CC(=O)NCC1CCCc2ccccc21. The summed E-state index contributed by atoms with van der Waals surface area (Å²) in [5.41, 5.74) is 2.84. The van der Waals surface area contributed by atoms with Crippen molar-refractivity contribution in [3.8, 4) is 0 Å². The predicted octanol–water partition coefficient (Wildman–Crippen LogP) is 2.41. The summed E-state index contributed by atoms with van der Waals surface area (Å²) in [6.45, 7) is 4.18. The van der Waals surface area contributed by atoms with Crippen molar-refractivity contribution >= 4 is 5.91 Å². The van der Waals surface area contributed by atoms with Crippen molar-refractivity contribution in [3.05, 3.63) is 48.0 Å². The summed E-state index contributed by atoms with van der Waals surface area (Å²) < 4.78 is 0. The molecule has 0 spiro atoms. The number of fused-ring (bicyclic) bond motifs is 1. The fourth-order valence-corrected chi connectivity index (χ4v) is 2.36. The minimum atomic E-state index is -0.0805. The van der Waals surface area contributed by atoms with Gasteiger partial charge in [-0.1, -0.05) is 30.8 Å². The monoisotopic (exact) mass is 215 g/mol. The van der Waals surface area contributed by atoms with Gasteiger partial charge in [0.05, 0.1) is 0 Å². The second kappa shape index (κ2) is 4.97. The third kappa shape index (κ3) is 2.32. The van der Waals surface area contributed by atoms with Gasteiger partial charge in [0.15, 0.2) is 0 Å². The van der Waals surface area contributed by atoms with E-state index in [2.05, 4.69) is 36.2 Å². The van der Waals surface area contributed by atoms with Crippen LogP contribution in [0.4, 0.5) is 0 Å². The van der Waals surface area contributed by atoms with Crippen LogP contribution in [0.1, 0.15) is 29.9 Å². The van der Waals surface area contributed by atoms with Gasteiger partial charge in [-0.2, -0.15) is 0 Å². The molecule has 1 N–H and O–H groups in total. The summed E-state index contributed by atoms with van der Waals surface area (Å²) >= 11 is 0. The number of hydrogen-bond donors (Lipinski definition) is 1. The molecule has 1 aliphatic rings. The van der Waals surface area contributed by atoms with Crippen LogP contribution in [0.5, 0.6) is 0 Å². The second-order valence-corrected chi connectivity index (χ2v) is 4.24. The van der Waals surface area contributed by atoms with Crippen LogP contribution in [0.2, 0.25) is 0 Å². The van der Waals surface area contributed by atoms with Crippen LogP contribution in [0.15, 0.2) is 36.9 Å². The number of nitrogens with one attached hydrogen (secondary N) is 1. The van der Waals surface area contributed by atoms with Crippen LogP contribution in [-0.2, 0) is 11.2 Å². The zero-order chi connectivity index (χ0) is 11.4. The molecule has 1 amide bonds. The molecule has 1 unspecified atom stereocenters. The van der Waals surface area contributed by atoms with Crippen LogP contribution >= 0.6 is 0 Å². The van der Waals surface area contributed by atoms with Gasteiger partial charge in [-0.15, -0.1) is 0 Å². The van der Waals surface area contributed by atoms with Crippen LogP contribution < -0.4 is 5.32 Å². The maximum absolute atomic E-state index is 11.1. The lowest BCUT2D eigenvalue weighted by Gasteiger charge is -2.25. The average Bonchev–Trinajstić information content (AvgIpc) is 2.35. The first-order valence-electron chi connectivity index (χ1n) is 5.79. The Morgan fingerprint density at radius 2 is 2.31 bits per heavy atom. The molecule has 0 heterocycles. The molecule has 0 saturated heterocycles. The molecule has 1 aromatic carbocycles. The highest BCUT2D eigenvalue weighted by Crippen LogP contribution is 2.30. The summed E-state index contributed by atoms with van der Waals surface area (Å²) in [5, 5.41) is 2.89. The van der Waals surface area contributed by atoms with Crippen molar-refractivity contribution in [3.63, 3.8) is 0 Å². The first-order valence-corrected chi connectivity index (χ1v) is 5.79. The fourth-order valence-electron chi connectivity index (χ4n) is 2.36. The van der Waals surface area contributed by atoms with Gasteiger partial charge in [0.2, 0.25) is 5.91 Å². The lowest BCUT2D eigenvalue weighted by atomic mass is 9.83. The third-order valence-electron chi connectivity index (χ3n) is 3.20.